The third-order valence-electron chi connectivity index (χ3n) is 9.74. The van der Waals surface area contributed by atoms with Crippen LogP contribution in [0.4, 0.5) is 0 Å². The molecule has 3 heterocycles. The van der Waals surface area contributed by atoms with Gasteiger partial charge in [-0.25, -0.2) is 9.97 Å². The first-order valence-electron chi connectivity index (χ1n) is 16.7. The van der Waals surface area contributed by atoms with E-state index in [1.165, 1.54) is 20.7 Å². The second-order valence-corrected chi connectivity index (χ2v) is 17.7. The van der Waals surface area contributed by atoms with Gasteiger partial charge in [-0.15, -0.1) is 0 Å². The van der Waals surface area contributed by atoms with Crippen molar-refractivity contribution < 1.29 is 8.83 Å². The Morgan fingerprint density at radius 1 is 0.469 bits per heavy atom. The van der Waals surface area contributed by atoms with Crippen LogP contribution in [0.25, 0.3) is 55.1 Å². The molecule has 9 rings (SSSR count). The molecule has 0 saturated carbocycles. The predicted octanol–water partition coefficient (Wildman–Crippen LogP) is 8.62. The van der Waals surface area contributed by atoms with Gasteiger partial charge < -0.3 is 8.83 Å². The maximum Gasteiger partial charge on any atom is 0.179 e. The van der Waals surface area contributed by atoms with E-state index in [0.29, 0.717) is 5.58 Å². The van der Waals surface area contributed by atoms with Gasteiger partial charge in [0.1, 0.15) is 28.1 Å². The molecular formula is C44H34N2O2Si. The molecule has 0 saturated heterocycles. The second-order valence-electron chi connectivity index (χ2n) is 13.8. The lowest BCUT2D eigenvalue weighted by Crippen LogP contribution is -2.74. The van der Waals surface area contributed by atoms with Crippen LogP contribution in [0.2, 0.25) is 0 Å². The van der Waals surface area contributed by atoms with Gasteiger partial charge in [-0.1, -0.05) is 136 Å². The standard InChI is InChI=1S/C44H34N2O2Si/c1-44(2,3)43-45-28-41-42(46-43)37-26-30(20-23-40(37)48-41)29-19-22-38-35(25-29)36-27-34(21-24-39(36)47-38)49(31-13-7-4-8-14-31,32-15-9-5-10-16-32)33-17-11-6-12-18-33/h4-28H,1-3H3. The molecule has 5 heteroatoms. The minimum Gasteiger partial charge on any atom is -0.456 e. The van der Waals surface area contributed by atoms with Gasteiger partial charge in [0.25, 0.3) is 0 Å². The van der Waals surface area contributed by atoms with Crippen LogP contribution in [-0.2, 0) is 5.41 Å². The van der Waals surface area contributed by atoms with Crippen molar-refractivity contribution in [2.45, 2.75) is 26.2 Å². The third kappa shape index (κ3) is 4.72. The highest BCUT2D eigenvalue weighted by Gasteiger charge is 2.41. The van der Waals surface area contributed by atoms with Gasteiger partial charge in [0.05, 0.1) is 6.20 Å². The summed E-state index contributed by atoms with van der Waals surface area (Å²) in [5.74, 6) is 0.802. The smallest absolute Gasteiger partial charge is 0.179 e. The van der Waals surface area contributed by atoms with Crippen LogP contribution >= 0.6 is 0 Å². The van der Waals surface area contributed by atoms with Crippen molar-refractivity contribution in [2.24, 2.45) is 0 Å². The van der Waals surface area contributed by atoms with Crippen molar-refractivity contribution in [3.05, 3.63) is 158 Å². The summed E-state index contributed by atoms with van der Waals surface area (Å²) in [6.07, 6.45) is 1.80. The molecule has 0 unspecified atom stereocenters. The molecule has 0 amide bonds. The van der Waals surface area contributed by atoms with Crippen LogP contribution in [0, 0.1) is 0 Å². The Morgan fingerprint density at radius 2 is 0.939 bits per heavy atom. The molecule has 6 aromatic carbocycles. The van der Waals surface area contributed by atoms with Gasteiger partial charge in [-0.3, -0.25) is 0 Å². The number of benzene rings is 6. The summed E-state index contributed by atoms with van der Waals surface area (Å²) >= 11 is 0. The van der Waals surface area contributed by atoms with Crippen molar-refractivity contribution in [3.63, 3.8) is 0 Å². The topological polar surface area (TPSA) is 52.1 Å². The molecule has 0 aliphatic carbocycles. The number of nitrogens with zero attached hydrogens (tertiary/aromatic N) is 2. The Kier molecular flexibility index (Phi) is 6.68. The molecule has 3 aromatic heterocycles. The van der Waals surface area contributed by atoms with E-state index >= 15 is 0 Å². The largest absolute Gasteiger partial charge is 0.456 e. The fourth-order valence-electron chi connectivity index (χ4n) is 7.36. The summed E-state index contributed by atoms with van der Waals surface area (Å²) in [5, 5.41) is 8.56. The molecule has 0 bridgehead atoms. The Balaban J connectivity index is 1.25. The van der Waals surface area contributed by atoms with Crippen molar-refractivity contribution in [1.82, 2.24) is 9.97 Å². The third-order valence-corrected chi connectivity index (χ3v) is 14.5. The molecule has 0 fully saturated rings. The van der Waals surface area contributed by atoms with E-state index in [-0.39, 0.29) is 5.41 Å². The molecule has 0 spiro atoms. The lowest BCUT2D eigenvalue weighted by Gasteiger charge is -2.34. The van der Waals surface area contributed by atoms with Crippen LogP contribution in [0.15, 0.2) is 161 Å². The highest BCUT2D eigenvalue weighted by molar-refractivity contribution is 7.20. The quantitative estimate of drug-likeness (QED) is 0.138. The molecule has 0 aliphatic rings. The average molecular weight is 651 g/mol. The number of furan rings is 2. The predicted molar refractivity (Wildman–Crippen MR) is 204 cm³/mol. The van der Waals surface area contributed by atoms with Crippen LogP contribution in [0.1, 0.15) is 26.6 Å². The van der Waals surface area contributed by atoms with Crippen molar-refractivity contribution in [3.8, 4) is 11.1 Å². The van der Waals surface area contributed by atoms with E-state index in [1.54, 1.807) is 6.20 Å². The van der Waals surface area contributed by atoms with Crippen LogP contribution in [-0.4, -0.2) is 18.0 Å². The number of rotatable bonds is 5. The first-order chi connectivity index (χ1) is 23.9. The lowest BCUT2D eigenvalue weighted by atomic mass is 9.95. The summed E-state index contributed by atoms with van der Waals surface area (Å²) in [6.45, 7) is 6.39. The number of hydrogen-bond acceptors (Lipinski definition) is 4. The van der Waals surface area contributed by atoms with Gasteiger partial charge in [0.2, 0.25) is 0 Å². The van der Waals surface area contributed by atoms with Crippen molar-refractivity contribution in [1.29, 1.82) is 0 Å². The van der Waals surface area contributed by atoms with Gasteiger partial charge in [-0.05, 0) is 62.2 Å². The van der Waals surface area contributed by atoms with Gasteiger partial charge >= 0.3 is 0 Å². The number of fused-ring (bicyclic) bond motifs is 6. The van der Waals surface area contributed by atoms with Gasteiger partial charge in [0, 0.05) is 21.6 Å². The summed E-state index contributed by atoms with van der Waals surface area (Å²) in [4.78, 5) is 9.52. The summed E-state index contributed by atoms with van der Waals surface area (Å²) in [6, 6.07) is 52.8. The SMILES string of the molecule is CC(C)(C)c1ncc2oc3ccc(-c4ccc5oc6ccc([Si](c7ccccc7)(c7ccccc7)c7ccccc7)cc6c5c4)cc3c2n1. The molecule has 0 aliphatic heterocycles. The zero-order chi connectivity index (χ0) is 33.2. The van der Waals surface area contributed by atoms with Gasteiger partial charge in [-0.2, -0.15) is 0 Å². The summed E-state index contributed by atoms with van der Waals surface area (Å²) in [5.41, 5.74) is 6.16. The molecule has 49 heavy (non-hydrogen) atoms. The first-order valence-corrected chi connectivity index (χ1v) is 18.7. The van der Waals surface area contributed by atoms with E-state index in [4.69, 9.17) is 13.8 Å². The zero-order valence-electron chi connectivity index (χ0n) is 27.6. The molecule has 0 atom stereocenters. The Labute approximate surface area is 285 Å². The van der Waals surface area contributed by atoms with Crippen LogP contribution < -0.4 is 20.7 Å². The van der Waals surface area contributed by atoms with Crippen molar-refractivity contribution in [2.75, 3.05) is 0 Å². The minimum atomic E-state index is -2.69. The van der Waals surface area contributed by atoms with E-state index in [0.717, 1.165) is 55.4 Å². The van der Waals surface area contributed by atoms with E-state index in [2.05, 4.69) is 165 Å². The number of hydrogen-bond donors (Lipinski definition) is 0. The Hall–Kier alpha value is -5.78. The monoisotopic (exact) mass is 650 g/mol. The molecule has 9 aromatic rings. The fraction of sp³-hybridized carbons (Fsp3) is 0.0909. The number of aromatic nitrogens is 2. The van der Waals surface area contributed by atoms with Crippen LogP contribution in [0.3, 0.4) is 0 Å². The first kappa shape index (κ1) is 29.4. The van der Waals surface area contributed by atoms with Crippen molar-refractivity contribution >= 4 is 72.8 Å². The fourth-order valence-corrected chi connectivity index (χ4v) is 12.1. The van der Waals surface area contributed by atoms with E-state index < -0.39 is 8.07 Å². The molecule has 0 radical (unpaired) electrons. The maximum atomic E-state index is 6.47. The lowest BCUT2D eigenvalue weighted by molar-refractivity contribution is 0.546. The molecule has 4 nitrogen and oxygen atoms in total. The highest BCUT2D eigenvalue weighted by atomic mass is 28.3. The summed E-state index contributed by atoms with van der Waals surface area (Å²) < 4.78 is 12.6. The van der Waals surface area contributed by atoms with E-state index in [9.17, 15) is 0 Å². The zero-order valence-corrected chi connectivity index (χ0v) is 28.6. The molecule has 236 valence electrons. The Bertz CT molecular complexity index is 2540. The average Bonchev–Trinajstić information content (AvgIpc) is 3.70. The normalized spacial score (nSPS) is 12.4. The minimum absolute atomic E-state index is 0.163. The maximum absolute atomic E-state index is 6.47. The Morgan fingerprint density at radius 3 is 1.49 bits per heavy atom. The summed E-state index contributed by atoms with van der Waals surface area (Å²) in [7, 11) is -2.69. The molecule has 0 N–H and O–H groups in total. The van der Waals surface area contributed by atoms with Gasteiger partial charge in [0.15, 0.2) is 13.7 Å². The highest BCUT2D eigenvalue weighted by Crippen LogP contribution is 2.36. The molecular weight excluding hydrogens is 617 g/mol. The van der Waals surface area contributed by atoms with Crippen LogP contribution in [0.5, 0.6) is 0 Å². The second kappa shape index (κ2) is 11.1. The van der Waals surface area contributed by atoms with E-state index in [1.807, 2.05) is 6.07 Å².